The van der Waals surface area contributed by atoms with Gasteiger partial charge in [-0.15, -0.1) is 0 Å². The number of benzene rings is 1. The van der Waals surface area contributed by atoms with Crippen LogP contribution in [0.2, 0.25) is 0 Å². The van der Waals surface area contributed by atoms with Crippen molar-refractivity contribution in [2.24, 2.45) is 5.73 Å². The molecule has 4 heteroatoms. The minimum absolute atomic E-state index is 0.0879. The molecule has 1 aromatic rings. The largest absolute Gasteiger partial charge is 0.496 e. The Morgan fingerprint density at radius 1 is 1.16 bits per heavy atom. The van der Waals surface area contributed by atoms with E-state index in [0.29, 0.717) is 13.2 Å². The summed E-state index contributed by atoms with van der Waals surface area (Å²) >= 11 is 0. The number of methoxy groups -OCH3 is 2. The molecule has 0 aromatic heterocycles. The molecule has 104 valence electrons. The van der Waals surface area contributed by atoms with Gasteiger partial charge in [-0.05, 0) is 25.8 Å². The van der Waals surface area contributed by atoms with Gasteiger partial charge in [-0.3, -0.25) is 0 Å². The molecule has 0 atom stereocenters. The summed E-state index contributed by atoms with van der Waals surface area (Å²) in [6, 6.07) is 4.08. The SMILES string of the molecule is COc1ccc(C2(C3(N)CC3)COC2)c(OC)c1C. The summed E-state index contributed by atoms with van der Waals surface area (Å²) < 4.78 is 16.5. The standard InChI is InChI=1S/C15H21NO3/c1-10-12(17-2)5-4-11(13(10)18-3)14(8-19-9-14)15(16)6-7-15/h4-5H,6-9,16H2,1-3H3. The summed E-state index contributed by atoms with van der Waals surface area (Å²) in [6.45, 7) is 3.39. The Bertz CT molecular complexity index is 504. The molecule has 1 aromatic carbocycles. The molecule has 2 N–H and O–H groups in total. The minimum atomic E-state index is -0.125. The second kappa shape index (κ2) is 4.12. The average Bonchev–Trinajstić information content (AvgIpc) is 3.07. The molecule has 4 nitrogen and oxygen atoms in total. The third-order valence-electron chi connectivity index (χ3n) is 4.73. The monoisotopic (exact) mass is 263 g/mol. The molecule has 3 rings (SSSR count). The second-order valence-corrected chi connectivity index (χ2v) is 5.70. The van der Waals surface area contributed by atoms with E-state index in [1.54, 1.807) is 14.2 Å². The molecule has 0 amide bonds. The van der Waals surface area contributed by atoms with Crippen LogP contribution in [0.1, 0.15) is 24.0 Å². The van der Waals surface area contributed by atoms with Crippen LogP contribution in [0.25, 0.3) is 0 Å². The van der Waals surface area contributed by atoms with Gasteiger partial charge < -0.3 is 19.9 Å². The highest BCUT2D eigenvalue weighted by atomic mass is 16.5. The fourth-order valence-corrected chi connectivity index (χ4v) is 3.17. The van der Waals surface area contributed by atoms with E-state index >= 15 is 0 Å². The highest BCUT2D eigenvalue weighted by Gasteiger charge is 2.62. The number of hydrogen-bond acceptors (Lipinski definition) is 4. The van der Waals surface area contributed by atoms with E-state index in [0.717, 1.165) is 29.9 Å². The van der Waals surface area contributed by atoms with Gasteiger partial charge in [-0.2, -0.15) is 0 Å². The van der Waals surface area contributed by atoms with Crippen molar-refractivity contribution in [2.45, 2.75) is 30.7 Å². The first-order valence-electron chi connectivity index (χ1n) is 6.67. The molecule has 1 aliphatic heterocycles. The van der Waals surface area contributed by atoms with Gasteiger partial charge in [-0.1, -0.05) is 6.07 Å². The predicted molar refractivity (Wildman–Crippen MR) is 72.9 cm³/mol. The van der Waals surface area contributed by atoms with E-state index < -0.39 is 0 Å². The van der Waals surface area contributed by atoms with Gasteiger partial charge >= 0.3 is 0 Å². The summed E-state index contributed by atoms with van der Waals surface area (Å²) in [4.78, 5) is 0. The van der Waals surface area contributed by atoms with Crippen LogP contribution in [0.4, 0.5) is 0 Å². The summed E-state index contributed by atoms with van der Waals surface area (Å²) in [5.74, 6) is 1.73. The third-order valence-corrected chi connectivity index (χ3v) is 4.73. The van der Waals surface area contributed by atoms with Crippen LogP contribution in [-0.4, -0.2) is 33.0 Å². The lowest BCUT2D eigenvalue weighted by Gasteiger charge is -2.47. The van der Waals surface area contributed by atoms with E-state index in [4.69, 9.17) is 19.9 Å². The van der Waals surface area contributed by atoms with Crippen LogP contribution >= 0.6 is 0 Å². The van der Waals surface area contributed by atoms with Crippen molar-refractivity contribution in [3.63, 3.8) is 0 Å². The Balaban J connectivity index is 2.12. The highest BCUT2D eigenvalue weighted by Crippen LogP contribution is 2.56. The Labute approximate surface area is 113 Å². The highest BCUT2D eigenvalue weighted by molar-refractivity contribution is 5.55. The van der Waals surface area contributed by atoms with Crippen molar-refractivity contribution in [2.75, 3.05) is 27.4 Å². The lowest BCUT2D eigenvalue weighted by molar-refractivity contribution is -0.0795. The molecule has 1 heterocycles. The van der Waals surface area contributed by atoms with Gasteiger partial charge in [0.25, 0.3) is 0 Å². The zero-order valence-electron chi connectivity index (χ0n) is 11.8. The van der Waals surface area contributed by atoms with Crippen LogP contribution in [0.15, 0.2) is 12.1 Å². The van der Waals surface area contributed by atoms with Gasteiger partial charge in [0.1, 0.15) is 11.5 Å². The fraction of sp³-hybridized carbons (Fsp3) is 0.600. The average molecular weight is 263 g/mol. The zero-order valence-corrected chi connectivity index (χ0v) is 11.8. The molecule has 0 bridgehead atoms. The van der Waals surface area contributed by atoms with Crippen molar-refractivity contribution in [1.82, 2.24) is 0 Å². The topological polar surface area (TPSA) is 53.7 Å². The van der Waals surface area contributed by atoms with E-state index in [9.17, 15) is 0 Å². The molecule has 0 spiro atoms. The van der Waals surface area contributed by atoms with Gasteiger partial charge in [0, 0.05) is 16.7 Å². The van der Waals surface area contributed by atoms with Gasteiger partial charge in [0.15, 0.2) is 0 Å². The van der Waals surface area contributed by atoms with Crippen molar-refractivity contribution in [3.8, 4) is 11.5 Å². The summed E-state index contributed by atoms with van der Waals surface area (Å²) in [5, 5.41) is 0. The van der Waals surface area contributed by atoms with E-state index in [2.05, 4.69) is 6.07 Å². The molecule has 0 unspecified atom stereocenters. The fourth-order valence-electron chi connectivity index (χ4n) is 3.17. The quantitative estimate of drug-likeness (QED) is 0.899. The maximum absolute atomic E-state index is 6.50. The van der Waals surface area contributed by atoms with Crippen molar-refractivity contribution in [1.29, 1.82) is 0 Å². The smallest absolute Gasteiger partial charge is 0.129 e. The Morgan fingerprint density at radius 3 is 2.26 bits per heavy atom. The maximum Gasteiger partial charge on any atom is 0.129 e. The summed E-state index contributed by atoms with van der Waals surface area (Å²) in [5.41, 5.74) is 8.48. The van der Waals surface area contributed by atoms with Crippen LogP contribution in [-0.2, 0) is 10.2 Å². The van der Waals surface area contributed by atoms with Gasteiger partial charge in [-0.25, -0.2) is 0 Å². The molecule has 2 fully saturated rings. The molecule has 1 saturated carbocycles. The molecule has 1 aliphatic carbocycles. The lowest BCUT2D eigenvalue weighted by Crippen LogP contribution is -2.60. The zero-order chi connectivity index (χ0) is 13.7. The Kier molecular flexibility index (Phi) is 2.76. The second-order valence-electron chi connectivity index (χ2n) is 5.70. The molecule has 19 heavy (non-hydrogen) atoms. The summed E-state index contributed by atoms with van der Waals surface area (Å²) in [7, 11) is 3.38. The van der Waals surface area contributed by atoms with E-state index in [-0.39, 0.29) is 11.0 Å². The minimum Gasteiger partial charge on any atom is -0.496 e. The van der Waals surface area contributed by atoms with Crippen molar-refractivity contribution < 1.29 is 14.2 Å². The number of nitrogens with two attached hydrogens (primary N) is 1. The third kappa shape index (κ3) is 1.60. The van der Waals surface area contributed by atoms with E-state index in [1.807, 2.05) is 13.0 Å². The summed E-state index contributed by atoms with van der Waals surface area (Å²) in [6.07, 6.45) is 2.12. The molecule has 2 aliphatic rings. The molecular weight excluding hydrogens is 242 g/mol. The Hall–Kier alpha value is -1.26. The number of rotatable bonds is 4. The van der Waals surface area contributed by atoms with Gasteiger partial charge in [0.2, 0.25) is 0 Å². The number of hydrogen-bond donors (Lipinski definition) is 1. The normalized spacial score (nSPS) is 22.5. The lowest BCUT2D eigenvalue weighted by atomic mass is 9.70. The molecule has 1 saturated heterocycles. The Morgan fingerprint density at radius 2 is 1.84 bits per heavy atom. The maximum atomic E-state index is 6.50. The first kappa shape index (κ1) is 12.8. The van der Waals surface area contributed by atoms with Crippen molar-refractivity contribution in [3.05, 3.63) is 23.3 Å². The first-order valence-corrected chi connectivity index (χ1v) is 6.67. The van der Waals surface area contributed by atoms with Crippen LogP contribution in [0.5, 0.6) is 11.5 Å². The predicted octanol–water partition coefficient (Wildman–Crippen LogP) is 1.77. The number of ether oxygens (including phenoxy) is 3. The van der Waals surface area contributed by atoms with Crippen molar-refractivity contribution >= 4 is 0 Å². The van der Waals surface area contributed by atoms with Crippen LogP contribution in [0.3, 0.4) is 0 Å². The van der Waals surface area contributed by atoms with Crippen LogP contribution in [0, 0.1) is 6.92 Å². The first-order chi connectivity index (χ1) is 9.08. The molecular formula is C15H21NO3. The van der Waals surface area contributed by atoms with Gasteiger partial charge in [0.05, 0.1) is 32.8 Å². The molecule has 0 radical (unpaired) electrons. The van der Waals surface area contributed by atoms with Crippen LogP contribution < -0.4 is 15.2 Å². The van der Waals surface area contributed by atoms with E-state index in [1.165, 1.54) is 5.56 Å².